The summed E-state index contributed by atoms with van der Waals surface area (Å²) < 4.78 is 0. The van der Waals surface area contributed by atoms with Crippen molar-refractivity contribution in [1.82, 2.24) is 10.2 Å². The molecule has 0 unspecified atom stereocenters. The molecular formula is C9H14N2O2S. The van der Waals surface area contributed by atoms with Crippen LogP contribution >= 0.6 is 11.8 Å². The highest BCUT2D eigenvalue weighted by atomic mass is 32.2. The van der Waals surface area contributed by atoms with Crippen molar-refractivity contribution in [2.45, 2.75) is 0 Å². The molecule has 78 valence electrons. The molecule has 1 N–H and O–H groups in total. The van der Waals surface area contributed by atoms with Gasteiger partial charge in [-0.05, 0) is 0 Å². The van der Waals surface area contributed by atoms with E-state index >= 15 is 0 Å². The molecule has 1 aliphatic rings. The summed E-state index contributed by atoms with van der Waals surface area (Å²) in [6.45, 7) is 5.06. The third-order valence-corrected chi connectivity index (χ3v) is 2.74. The Morgan fingerprint density at radius 2 is 2.07 bits per heavy atom. The third kappa shape index (κ3) is 3.93. The monoisotopic (exact) mass is 214 g/mol. The topological polar surface area (TPSA) is 49.4 Å². The van der Waals surface area contributed by atoms with Crippen LogP contribution in [0.2, 0.25) is 0 Å². The highest BCUT2D eigenvalue weighted by molar-refractivity contribution is 7.99. The minimum absolute atomic E-state index is 0.199. The molecule has 1 fully saturated rings. The van der Waals surface area contributed by atoms with E-state index in [0.29, 0.717) is 13.1 Å². The fourth-order valence-electron chi connectivity index (χ4n) is 1.22. The number of hydrogen-bond donors (Lipinski definition) is 1. The lowest BCUT2D eigenvalue weighted by Crippen LogP contribution is -2.51. The highest BCUT2D eigenvalue weighted by Crippen LogP contribution is 2.02. The average molecular weight is 214 g/mol. The molecule has 5 heteroatoms. The fraction of sp³-hybridized carbons (Fsp3) is 0.556. The molecule has 0 atom stereocenters. The van der Waals surface area contributed by atoms with Gasteiger partial charge in [-0.15, -0.1) is 6.58 Å². The Balaban J connectivity index is 2.20. The van der Waals surface area contributed by atoms with Crippen LogP contribution in [-0.4, -0.2) is 47.9 Å². The molecule has 0 spiro atoms. The fourth-order valence-corrected chi connectivity index (χ4v) is 1.94. The van der Waals surface area contributed by atoms with Crippen LogP contribution in [0.15, 0.2) is 12.7 Å². The minimum atomic E-state index is -0.199. The van der Waals surface area contributed by atoms with Gasteiger partial charge in [0.15, 0.2) is 0 Å². The molecule has 0 bridgehead atoms. The van der Waals surface area contributed by atoms with Gasteiger partial charge in [0, 0.05) is 18.1 Å². The third-order valence-electron chi connectivity index (χ3n) is 1.80. The molecule has 14 heavy (non-hydrogen) atoms. The molecule has 0 aromatic rings. The SMILES string of the molecule is C=CCSCCN1CC(=O)NC(=O)C1. The number of carbonyl (C=O) groups is 2. The smallest absolute Gasteiger partial charge is 0.240 e. The van der Waals surface area contributed by atoms with Gasteiger partial charge in [0.1, 0.15) is 0 Å². The van der Waals surface area contributed by atoms with E-state index in [1.165, 1.54) is 0 Å². The zero-order valence-corrected chi connectivity index (χ0v) is 8.81. The summed E-state index contributed by atoms with van der Waals surface area (Å²) in [6.07, 6.45) is 1.85. The van der Waals surface area contributed by atoms with E-state index in [1.807, 2.05) is 11.0 Å². The zero-order valence-electron chi connectivity index (χ0n) is 7.99. The summed E-state index contributed by atoms with van der Waals surface area (Å²) in [4.78, 5) is 23.8. The van der Waals surface area contributed by atoms with Gasteiger partial charge in [-0.2, -0.15) is 11.8 Å². The van der Waals surface area contributed by atoms with Crippen LogP contribution in [0.25, 0.3) is 0 Å². The van der Waals surface area contributed by atoms with Gasteiger partial charge in [-0.1, -0.05) is 6.08 Å². The number of rotatable bonds is 5. The second kappa shape index (κ2) is 5.82. The first kappa shape index (κ1) is 11.3. The lowest BCUT2D eigenvalue weighted by molar-refractivity contribution is -0.135. The largest absolute Gasteiger partial charge is 0.294 e. The van der Waals surface area contributed by atoms with Gasteiger partial charge in [0.05, 0.1) is 13.1 Å². The second-order valence-electron chi connectivity index (χ2n) is 3.05. The number of thioether (sulfide) groups is 1. The Kier molecular flexibility index (Phi) is 4.69. The number of amides is 2. The van der Waals surface area contributed by atoms with Gasteiger partial charge in [-0.25, -0.2) is 0 Å². The molecule has 2 amide bonds. The van der Waals surface area contributed by atoms with Crippen LogP contribution in [0.4, 0.5) is 0 Å². The van der Waals surface area contributed by atoms with Crippen molar-refractivity contribution in [1.29, 1.82) is 0 Å². The van der Waals surface area contributed by atoms with Crippen LogP contribution in [-0.2, 0) is 9.59 Å². The highest BCUT2D eigenvalue weighted by Gasteiger charge is 2.21. The van der Waals surface area contributed by atoms with Crippen molar-refractivity contribution in [2.75, 3.05) is 31.1 Å². The number of nitrogens with zero attached hydrogens (tertiary/aromatic N) is 1. The van der Waals surface area contributed by atoms with E-state index in [4.69, 9.17) is 0 Å². The first-order chi connectivity index (χ1) is 6.72. The Hall–Kier alpha value is -0.810. The number of nitrogens with one attached hydrogen (secondary N) is 1. The van der Waals surface area contributed by atoms with E-state index in [1.54, 1.807) is 11.8 Å². The maximum absolute atomic E-state index is 11.0. The lowest BCUT2D eigenvalue weighted by Gasteiger charge is -2.24. The van der Waals surface area contributed by atoms with Crippen molar-refractivity contribution in [3.05, 3.63) is 12.7 Å². The maximum atomic E-state index is 11.0. The summed E-state index contributed by atoms with van der Waals surface area (Å²) in [5, 5.41) is 2.27. The Morgan fingerprint density at radius 1 is 1.43 bits per heavy atom. The van der Waals surface area contributed by atoms with Gasteiger partial charge >= 0.3 is 0 Å². The van der Waals surface area contributed by atoms with Crippen LogP contribution in [0, 0.1) is 0 Å². The van der Waals surface area contributed by atoms with Crippen molar-refractivity contribution in [2.24, 2.45) is 0 Å². The molecule has 1 aliphatic heterocycles. The summed E-state index contributed by atoms with van der Waals surface area (Å²) in [7, 11) is 0. The summed E-state index contributed by atoms with van der Waals surface area (Å²) in [5.74, 6) is 1.44. The predicted molar refractivity (Wildman–Crippen MR) is 57.1 cm³/mol. The van der Waals surface area contributed by atoms with Crippen molar-refractivity contribution in [3.8, 4) is 0 Å². The molecule has 4 nitrogen and oxygen atoms in total. The molecule has 0 aliphatic carbocycles. The molecule has 0 saturated carbocycles. The second-order valence-corrected chi connectivity index (χ2v) is 4.20. The molecule has 0 aromatic carbocycles. The lowest BCUT2D eigenvalue weighted by atomic mass is 10.3. The molecule has 1 saturated heterocycles. The van der Waals surface area contributed by atoms with Gasteiger partial charge in [-0.3, -0.25) is 19.8 Å². The van der Waals surface area contributed by atoms with E-state index in [2.05, 4.69) is 11.9 Å². The molecule has 1 rings (SSSR count). The first-order valence-electron chi connectivity index (χ1n) is 4.46. The van der Waals surface area contributed by atoms with Gasteiger partial charge < -0.3 is 0 Å². The van der Waals surface area contributed by atoms with Crippen molar-refractivity contribution in [3.63, 3.8) is 0 Å². The Bertz CT molecular complexity index is 227. The molecule has 0 radical (unpaired) electrons. The number of hydrogen-bond acceptors (Lipinski definition) is 4. The molecular weight excluding hydrogens is 200 g/mol. The van der Waals surface area contributed by atoms with E-state index in [-0.39, 0.29) is 11.8 Å². The first-order valence-corrected chi connectivity index (χ1v) is 5.61. The quantitative estimate of drug-likeness (QED) is 0.393. The molecule has 1 heterocycles. The Morgan fingerprint density at radius 3 is 2.64 bits per heavy atom. The van der Waals surface area contributed by atoms with Crippen molar-refractivity contribution < 1.29 is 9.59 Å². The normalized spacial score (nSPS) is 18.0. The van der Waals surface area contributed by atoms with Crippen molar-refractivity contribution >= 4 is 23.6 Å². The zero-order chi connectivity index (χ0) is 10.4. The predicted octanol–water partition coefficient (Wildman–Crippen LogP) is -0.136. The van der Waals surface area contributed by atoms with Crippen LogP contribution in [0.5, 0.6) is 0 Å². The minimum Gasteiger partial charge on any atom is -0.294 e. The number of imide groups is 1. The summed E-state index contributed by atoms with van der Waals surface area (Å²) in [6, 6.07) is 0. The van der Waals surface area contributed by atoms with E-state index in [9.17, 15) is 9.59 Å². The number of carbonyl (C=O) groups excluding carboxylic acids is 2. The molecule has 0 aromatic heterocycles. The standard InChI is InChI=1S/C9H14N2O2S/c1-2-4-14-5-3-11-6-8(12)10-9(13)7-11/h2H,1,3-7H2,(H,10,12,13). The van der Waals surface area contributed by atoms with E-state index in [0.717, 1.165) is 18.1 Å². The summed E-state index contributed by atoms with van der Waals surface area (Å²) >= 11 is 1.75. The maximum Gasteiger partial charge on any atom is 0.240 e. The number of piperazine rings is 1. The summed E-state index contributed by atoms with van der Waals surface area (Å²) in [5.41, 5.74) is 0. The van der Waals surface area contributed by atoms with Crippen LogP contribution in [0.1, 0.15) is 0 Å². The van der Waals surface area contributed by atoms with Gasteiger partial charge in [0.2, 0.25) is 11.8 Å². The van der Waals surface area contributed by atoms with Crippen LogP contribution < -0.4 is 5.32 Å². The Labute approximate surface area is 87.7 Å². The van der Waals surface area contributed by atoms with Gasteiger partial charge in [0.25, 0.3) is 0 Å². The average Bonchev–Trinajstić information content (AvgIpc) is 2.11. The van der Waals surface area contributed by atoms with Crippen LogP contribution in [0.3, 0.4) is 0 Å². The van der Waals surface area contributed by atoms with E-state index < -0.39 is 0 Å².